The molecule has 2 rings (SSSR count). The van der Waals surface area contributed by atoms with Crippen LogP contribution in [0.15, 0.2) is 29.2 Å². The molecule has 2 atom stereocenters. The second-order valence-corrected chi connectivity index (χ2v) is 8.25. The molecule has 0 radical (unpaired) electrons. The summed E-state index contributed by atoms with van der Waals surface area (Å²) in [5.74, 6) is 2.19. The SMILES string of the molecule is CCCS(=O)(=O)c1ccc(NCC2CCCC2CCl)cc1. The molecule has 1 saturated carbocycles. The number of benzene rings is 1. The van der Waals surface area contributed by atoms with E-state index in [0.29, 0.717) is 23.2 Å². The van der Waals surface area contributed by atoms with Crippen molar-refractivity contribution in [1.82, 2.24) is 0 Å². The standard InChI is InChI=1S/C16H24ClNO2S/c1-2-10-21(19,20)16-8-6-15(7-9-16)18-12-14-5-3-4-13(14)11-17/h6-9,13-14,18H,2-5,10-12H2,1H3. The van der Waals surface area contributed by atoms with Crippen molar-refractivity contribution in [3.8, 4) is 0 Å². The number of hydrogen-bond donors (Lipinski definition) is 1. The number of alkyl halides is 1. The van der Waals surface area contributed by atoms with Crippen LogP contribution in [0.1, 0.15) is 32.6 Å². The average Bonchev–Trinajstić information content (AvgIpc) is 2.93. The summed E-state index contributed by atoms with van der Waals surface area (Å²) in [5, 5.41) is 3.41. The lowest BCUT2D eigenvalue weighted by Crippen LogP contribution is -2.19. The van der Waals surface area contributed by atoms with E-state index in [2.05, 4.69) is 5.32 Å². The van der Waals surface area contributed by atoms with Crippen LogP contribution in [0.25, 0.3) is 0 Å². The van der Waals surface area contributed by atoms with E-state index in [1.165, 1.54) is 19.3 Å². The zero-order valence-corrected chi connectivity index (χ0v) is 14.1. The molecule has 5 heteroatoms. The van der Waals surface area contributed by atoms with E-state index in [-0.39, 0.29) is 5.75 Å². The van der Waals surface area contributed by atoms with Gasteiger partial charge >= 0.3 is 0 Å². The maximum Gasteiger partial charge on any atom is 0.178 e. The second kappa shape index (κ2) is 7.50. The smallest absolute Gasteiger partial charge is 0.178 e. The van der Waals surface area contributed by atoms with Crippen LogP contribution in [-0.4, -0.2) is 26.6 Å². The molecule has 3 nitrogen and oxygen atoms in total. The van der Waals surface area contributed by atoms with Gasteiger partial charge in [-0.25, -0.2) is 8.42 Å². The lowest BCUT2D eigenvalue weighted by atomic mass is 9.98. The highest BCUT2D eigenvalue weighted by molar-refractivity contribution is 7.91. The van der Waals surface area contributed by atoms with E-state index in [0.717, 1.165) is 18.1 Å². The summed E-state index contributed by atoms with van der Waals surface area (Å²) in [4.78, 5) is 0.411. The summed E-state index contributed by atoms with van der Waals surface area (Å²) in [5.41, 5.74) is 0.977. The van der Waals surface area contributed by atoms with E-state index in [9.17, 15) is 8.42 Å². The fourth-order valence-corrected chi connectivity index (χ4v) is 4.73. The zero-order valence-electron chi connectivity index (χ0n) is 12.5. The van der Waals surface area contributed by atoms with Crippen molar-refractivity contribution in [3.05, 3.63) is 24.3 Å². The van der Waals surface area contributed by atoms with Crippen molar-refractivity contribution >= 4 is 27.1 Å². The van der Waals surface area contributed by atoms with Crippen LogP contribution in [0.3, 0.4) is 0 Å². The molecule has 1 aromatic rings. The van der Waals surface area contributed by atoms with Crippen molar-refractivity contribution in [1.29, 1.82) is 0 Å². The molecule has 118 valence electrons. The van der Waals surface area contributed by atoms with Gasteiger partial charge in [0, 0.05) is 18.1 Å². The summed E-state index contributed by atoms with van der Waals surface area (Å²) in [6, 6.07) is 7.10. The summed E-state index contributed by atoms with van der Waals surface area (Å²) < 4.78 is 23.9. The van der Waals surface area contributed by atoms with Gasteiger partial charge < -0.3 is 5.32 Å². The molecule has 1 N–H and O–H groups in total. The number of halogens is 1. The minimum atomic E-state index is -3.12. The van der Waals surface area contributed by atoms with Gasteiger partial charge in [0.25, 0.3) is 0 Å². The summed E-state index contributed by atoms with van der Waals surface area (Å²) in [6.07, 6.45) is 4.36. The van der Waals surface area contributed by atoms with E-state index in [4.69, 9.17) is 11.6 Å². The van der Waals surface area contributed by atoms with Crippen molar-refractivity contribution in [2.45, 2.75) is 37.5 Å². The Morgan fingerprint density at radius 2 is 1.86 bits per heavy atom. The molecule has 0 aromatic heterocycles. The van der Waals surface area contributed by atoms with Crippen LogP contribution in [0, 0.1) is 11.8 Å². The molecule has 1 fully saturated rings. The van der Waals surface area contributed by atoms with Gasteiger partial charge in [0.2, 0.25) is 0 Å². The first-order chi connectivity index (χ1) is 10.1. The lowest BCUT2D eigenvalue weighted by Gasteiger charge is -2.18. The van der Waals surface area contributed by atoms with Crippen molar-refractivity contribution in [3.63, 3.8) is 0 Å². The minimum absolute atomic E-state index is 0.208. The van der Waals surface area contributed by atoms with Crippen LogP contribution in [0.4, 0.5) is 5.69 Å². The average molecular weight is 330 g/mol. The summed E-state index contributed by atoms with van der Waals surface area (Å²) >= 11 is 5.99. The second-order valence-electron chi connectivity index (χ2n) is 5.83. The Labute approximate surface area is 133 Å². The van der Waals surface area contributed by atoms with Gasteiger partial charge in [-0.05, 0) is 55.4 Å². The van der Waals surface area contributed by atoms with Gasteiger partial charge in [0.1, 0.15) is 0 Å². The van der Waals surface area contributed by atoms with Gasteiger partial charge in [-0.2, -0.15) is 0 Å². The number of sulfone groups is 1. The predicted molar refractivity (Wildman–Crippen MR) is 88.8 cm³/mol. The van der Waals surface area contributed by atoms with E-state index < -0.39 is 9.84 Å². The Bertz CT molecular complexity index is 542. The molecule has 1 aliphatic carbocycles. The largest absolute Gasteiger partial charge is 0.385 e. The third-order valence-electron chi connectivity index (χ3n) is 4.27. The molecular formula is C16H24ClNO2S. The van der Waals surface area contributed by atoms with Crippen LogP contribution in [-0.2, 0) is 9.84 Å². The van der Waals surface area contributed by atoms with Crippen molar-refractivity contribution in [2.24, 2.45) is 11.8 Å². The first-order valence-corrected chi connectivity index (χ1v) is 9.88. The van der Waals surface area contributed by atoms with Crippen LogP contribution >= 0.6 is 11.6 Å². The van der Waals surface area contributed by atoms with Crippen molar-refractivity contribution in [2.75, 3.05) is 23.5 Å². The van der Waals surface area contributed by atoms with E-state index >= 15 is 0 Å². The Morgan fingerprint density at radius 3 is 2.48 bits per heavy atom. The van der Waals surface area contributed by atoms with Crippen LogP contribution in [0.5, 0.6) is 0 Å². The normalized spacial score (nSPS) is 22.4. The Kier molecular flexibility index (Phi) is 5.94. The lowest BCUT2D eigenvalue weighted by molar-refractivity contribution is 0.444. The summed E-state index contributed by atoms with van der Waals surface area (Å²) in [6.45, 7) is 2.79. The number of anilines is 1. The van der Waals surface area contributed by atoms with Crippen LogP contribution in [0.2, 0.25) is 0 Å². The molecule has 0 aliphatic heterocycles. The van der Waals surface area contributed by atoms with Crippen molar-refractivity contribution < 1.29 is 8.42 Å². The van der Waals surface area contributed by atoms with Gasteiger partial charge in [0.05, 0.1) is 10.6 Å². The Balaban J connectivity index is 1.94. The summed E-state index contributed by atoms with van der Waals surface area (Å²) in [7, 11) is -3.12. The zero-order chi connectivity index (χ0) is 15.3. The quantitative estimate of drug-likeness (QED) is 0.771. The third kappa shape index (κ3) is 4.36. The molecule has 1 aromatic carbocycles. The van der Waals surface area contributed by atoms with E-state index in [1.54, 1.807) is 12.1 Å². The molecule has 2 unspecified atom stereocenters. The molecule has 0 heterocycles. The highest BCUT2D eigenvalue weighted by Gasteiger charge is 2.26. The molecule has 0 amide bonds. The predicted octanol–water partition coefficient (Wildman–Crippen LogP) is 3.94. The van der Waals surface area contributed by atoms with Gasteiger partial charge in [0.15, 0.2) is 9.84 Å². The Morgan fingerprint density at radius 1 is 1.19 bits per heavy atom. The monoisotopic (exact) mass is 329 g/mol. The number of rotatable bonds is 7. The number of hydrogen-bond acceptors (Lipinski definition) is 3. The maximum absolute atomic E-state index is 12.0. The maximum atomic E-state index is 12.0. The highest BCUT2D eigenvalue weighted by atomic mass is 35.5. The van der Waals surface area contributed by atoms with Gasteiger partial charge in [-0.1, -0.05) is 13.3 Å². The number of nitrogens with one attached hydrogen (secondary N) is 1. The first kappa shape index (κ1) is 16.6. The topological polar surface area (TPSA) is 46.2 Å². The molecular weight excluding hydrogens is 306 g/mol. The molecule has 0 saturated heterocycles. The third-order valence-corrected chi connectivity index (χ3v) is 6.60. The van der Waals surface area contributed by atoms with Gasteiger partial charge in [-0.3, -0.25) is 0 Å². The van der Waals surface area contributed by atoms with Gasteiger partial charge in [-0.15, -0.1) is 11.6 Å². The Hall–Kier alpha value is -0.740. The van der Waals surface area contributed by atoms with E-state index in [1.807, 2.05) is 19.1 Å². The highest BCUT2D eigenvalue weighted by Crippen LogP contribution is 2.32. The molecule has 0 bridgehead atoms. The fraction of sp³-hybridized carbons (Fsp3) is 0.625. The minimum Gasteiger partial charge on any atom is -0.385 e. The molecule has 1 aliphatic rings. The van der Waals surface area contributed by atoms with Crippen LogP contribution < -0.4 is 5.32 Å². The molecule has 21 heavy (non-hydrogen) atoms. The first-order valence-electron chi connectivity index (χ1n) is 7.69. The molecule has 0 spiro atoms. The fourth-order valence-electron chi connectivity index (χ4n) is 3.00.